The quantitative estimate of drug-likeness (QED) is 0.583. The van der Waals surface area contributed by atoms with Crippen LogP contribution in [0.25, 0.3) is 11.3 Å². The predicted octanol–water partition coefficient (Wildman–Crippen LogP) is 3.18. The zero-order chi connectivity index (χ0) is 22.8. The van der Waals surface area contributed by atoms with Gasteiger partial charge in [-0.05, 0) is 31.2 Å². The Morgan fingerprint density at radius 1 is 1.29 bits per heavy atom. The van der Waals surface area contributed by atoms with E-state index in [4.69, 9.17) is 5.26 Å². The Hall–Kier alpha value is -3.94. The molecule has 1 amide bonds. The molecule has 11 heteroatoms. The van der Waals surface area contributed by atoms with Crippen molar-refractivity contribution < 1.29 is 22.8 Å². The van der Waals surface area contributed by atoms with Crippen molar-refractivity contribution in [3.8, 4) is 17.3 Å². The van der Waals surface area contributed by atoms with Gasteiger partial charge in [0.2, 0.25) is 0 Å². The lowest BCUT2D eigenvalue weighted by atomic mass is 10.0. The van der Waals surface area contributed by atoms with E-state index in [1.165, 1.54) is 29.8 Å². The van der Waals surface area contributed by atoms with Crippen LogP contribution >= 0.6 is 0 Å². The van der Waals surface area contributed by atoms with Crippen LogP contribution in [0.1, 0.15) is 46.0 Å². The molecule has 3 rings (SSSR count). The molecular weight excluding hydrogens is 413 g/mol. The van der Waals surface area contributed by atoms with Gasteiger partial charge < -0.3 is 5.32 Å². The average Bonchev–Trinajstić information content (AvgIpc) is 3.36. The summed E-state index contributed by atoms with van der Waals surface area (Å²) in [5, 5.41) is 22.1. The van der Waals surface area contributed by atoms with Crippen molar-refractivity contribution in [2.75, 3.05) is 0 Å². The van der Waals surface area contributed by atoms with Gasteiger partial charge in [-0.2, -0.15) is 28.6 Å². The highest BCUT2D eigenvalue weighted by Crippen LogP contribution is 2.34. The normalized spacial score (nSPS) is 12.3. The number of nitriles is 1. The second kappa shape index (κ2) is 8.43. The third-order valence-corrected chi connectivity index (χ3v) is 4.40. The molecule has 0 fully saturated rings. The average molecular weight is 430 g/mol. The number of carbonyl (C=O) groups excluding carboxylic acids is 2. The summed E-state index contributed by atoms with van der Waals surface area (Å²) in [5.74, 6) is -0.731. The van der Waals surface area contributed by atoms with Crippen LogP contribution in [0.15, 0.2) is 36.5 Å². The first kappa shape index (κ1) is 21.8. The van der Waals surface area contributed by atoms with E-state index in [9.17, 15) is 22.8 Å². The molecule has 1 atom stereocenters. The fraction of sp³-hybridized carbons (Fsp3) is 0.250. The number of hydrogen-bond acceptors (Lipinski definition) is 5. The fourth-order valence-electron chi connectivity index (χ4n) is 2.90. The number of aromatic amines is 1. The number of carbonyl (C=O) groups is 2. The lowest BCUT2D eigenvalue weighted by Crippen LogP contribution is -2.36. The van der Waals surface area contributed by atoms with Gasteiger partial charge in [0, 0.05) is 24.7 Å². The minimum Gasteiger partial charge on any atom is -0.346 e. The number of H-pyrrole nitrogens is 1. The summed E-state index contributed by atoms with van der Waals surface area (Å²) in [5.41, 5.74) is -0.680. The van der Waals surface area contributed by atoms with E-state index in [1.807, 2.05) is 0 Å². The first-order valence-corrected chi connectivity index (χ1v) is 9.11. The van der Waals surface area contributed by atoms with Gasteiger partial charge in [0.1, 0.15) is 11.4 Å². The molecule has 0 aliphatic carbocycles. The van der Waals surface area contributed by atoms with Crippen LogP contribution in [-0.4, -0.2) is 37.7 Å². The van der Waals surface area contributed by atoms with Gasteiger partial charge in [0.25, 0.3) is 5.91 Å². The van der Waals surface area contributed by atoms with Crippen LogP contribution < -0.4 is 5.32 Å². The maximum atomic E-state index is 13.2. The molecule has 8 nitrogen and oxygen atoms in total. The van der Waals surface area contributed by atoms with Crippen LogP contribution in [0.2, 0.25) is 0 Å². The molecule has 31 heavy (non-hydrogen) atoms. The number of benzene rings is 1. The molecule has 0 aliphatic heterocycles. The molecular formula is C20H17F3N6O2. The zero-order valence-corrected chi connectivity index (χ0v) is 16.5. The summed E-state index contributed by atoms with van der Waals surface area (Å²) >= 11 is 0. The topological polar surface area (TPSA) is 116 Å². The lowest BCUT2D eigenvalue weighted by Gasteiger charge is -2.13. The molecule has 1 unspecified atom stereocenters. The summed E-state index contributed by atoms with van der Waals surface area (Å²) < 4.78 is 41.0. The molecule has 0 saturated carbocycles. The Labute approximate surface area is 174 Å². The number of ketones is 1. The molecule has 2 N–H and O–H groups in total. The number of nitrogens with one attached hydrogen (secondary N) is 2. The van der Waals surface area contributed by atoms with Crippen molar-refractivity contribution in [1.29, 1.82) is 5.26 Å². The van der Waals surface area contributed by atoms with Crippen LogP contribution in [0.4, 0.5) is 13.2 Å². The Balaban J connectivity index is 1.70. The van der Waals surface area contributed by atoms with Crippen LogP contribution in [0, 0.1) is 11.3 Å². The van der Waals surface area contributed by atoms with Gasteiger partial charge in [-0.1, -0.05) is 6.07 Å². The first-order chi connectivity index (χ1) is 14.6. The number of Topliss-reactive ketones (excluding diaryl/α,β-unsaturated/α-hetero) is 1. The maximum Gasteiger partial charge on any atom is 0.417 e. The fourth-order valence-corrected chi connectivity index (χ4v) is 2.90. The van der Waals surface area contributed by atoms with Gasteiger partial charge in [-0.25, -0.2) is 0 Å². The largest absolute Gasteiger partial charge is 0.417 e. The minimum absolute atomic E-state index is 0.135. The Morgan fingerprint density at radius 3 is 2.65 bits per heavy atom. The number of alkyl halides is 3. The number of halogens is 3. The lowest BCUT2D eigenvalue weighted by molar-refractivity contribution is -0.137. The second-order valence-corrected chi connectivity index (χ2v) is 6.89. The molecule has 2 heterocycles. The third-order valence-electron chi connectivity index (χ3n) is 4.40. The highest BCUT2D eigenvalue weighted by atomic mass is 19.4. The van der Waals surface area contributed by atoms with Crippen molar-refractivity contribution in [3.05, 3.63) is 59.0 Å². The van der Waals surface area contributed by atoms with Crippen molar-refractivity contribution >= 4 is 11.7 Å². The standard InChI is InChI=1S/C20H17F3N6O2/c1-11(25-19(31)18-8-17(12(2)30)26-27-18)10-29-6-5-16(28-29)13-3-4-14(9-24)15(7-13)20(21,22)23/h3-8,11H,10H2,1-2H3,(H,25,31)(H,26,27). The second-order valence-electron chi connectivity index (χ2n) is 6.89. The predicted molar refractivity (Wildman–Crippen MR) is 103 cm³/mol. The van der Waals surface area contributed by atoms with E-state index in [2.05, 4.69) is 20.6 Å². The molecule has 0 spiro atoms. The van der Waals surface area contributed by atoms with Gasteiger partial charge in [-0.15, -0.1) is 0 Å². The SMILES string of the molecule is CC(=O)c1cc(C(=O)NC(C)Cn2ccc(-c3ccc(C#N)c(C(F)(F)F)c3)n2)[nH]n1. The highest BCUT2D eigenvalue weighted by molar-refractivity contribution is 5.97. The van der Waals surface area contributed by atoms with E-state index in [0.717, 1.165) is 12.1 Å². The smallest absolute Gasteiger partial charge is 0.346 e. The monoisotopic (exact) mass is 430 g/mol. The molecule has 2 aromatic heterocycles. The molecule has 3 aromatic rings. The summed E-state index contributed by atoms with van der Waals surface area (Å²) in [4.78, 5) is 23.5. The molecule has 1 aromatic carbocycles. The maximum absolute atomic E-state index is 13.2. The molecule has 0 aliphatic rings. The number of aromatic nitrogens is 4. The number of nitrogens with zero attached hydrogens (tertiary/aromatic N) is 4. The summed E-state index contributed by atoms with van der Waals surface area (Å²) in [6.07, 6.45) is -3.08. The third kappa shape index (κ3) is 4.98. The molecule has 160 valence electrons. The van der Waals surface area contributed by atoms with E-state index >= 15 is 0 Å². The summed E-state index contributed by atoms with van der Waals surface area (Å²) in [6, 6.07) is 7.45. The molecule has 0 radical (unpaired) electrons. The van der Waals surface area contributed by atoms with Crippen molar-refractivity contribution in [2.45, 2.75) is 32.6 Å². The zero-order valence-electron chi connectivity index (χ0n) is 16.5. The Bertz CT molecular complexity index is 1170. The van der Waals surface area contributed by atoms with Crippen LogP contribution in [0.5, 0.6) is 0 Å². The van der Waals surface area contributed by atoms with Crippen molar-refractivity contribution in [1.82, 2.24) is 25.3 Å². The van der Waals surface area contributed by atoms with Gasteiger partial charge in [0.15, 0.2) is 5.78 Å². The number of hydrogen-bond donors (Lipinski definition) is 2. The number of rotatable bonds is 6. The number of amides is 1. The van der Waals surface area contributed by atoms with Gasteiger partial charge in [-0.3, -0.25) is 19.4 Å². The first-order valence-electron chi connectivity index (χ1n) is 9.11. The van der Waals surface area contributed by atoms with Crippen LogP contribution in [-0.2, 0) is 12.7 Å². The van der Waals surface area contributed by atoms with E-state index in [-0.39, 0.29) is 35.3 Å². The molecule has 0 bridgehead atoms. The van der Waals surface area contributed by atoms with E-state index in [1.54, 1.807) is 19.2 Å². The Morgan fingerprint density at radius 2 is 2.03 bits per heavy atom. The van der Waals surface area contributed by atoms with Crippen molar-refractivity contribution in [3.63, 3.8) is 0 Å². The molecule has 0 saturated heterocycles. The van der Waals surface area contributed by atoms with E-state index < -0.39 is 23.2 Å². The van der Waals surface area contributed by atoms with Gasteiger partial charge >= 0.3 is 6.18 Å². The highest BCUT2D eigenvalue weighted by Gasteiger charge is 2.34. The van der Waals surface area contributed by atoms with Crippen molar-refractivity contribution in [2.24, 2.45) is 0 Å². The Kier molecular flexibility index (Phi) is 5.92. The summed E-state index contributed by atoms with van der Waals surface area (Å²) in [7, 11) is 0. The summed E-state index contributed by atoms with van der Waals surface area (Å²) in [6.45, 7) is 3.31. The van der Waals surface area contributed by atoms with Gasteiger partial charge in [0.05, 0.1) is 29.4 Å². The van der Waals surface area contributed by atoms with E-state index in [0.29, 0.717) is 5.69 Å². The van der Waals surface area contributed by atoms with Crippen LogP contribution in [0.3, 0.4) is 0 Å². The minimum atomic E-state index is -4.66.